The molecular formula is C68H132O17P2. The number of rotatable bonds is 66. The summed E-state index contributed by atoms with van der Waals surface area (Å²) >= 11 is 0. The summed E-state index contributed by atoms with van der Waals surface area (Å²) in [6, 6.07) is 0. The van der Waals surface area contributed by atoms with Crippen molar-refractivity contribution in [1.82, 2.24) is 0 Å². The summed E-state index contributed by atoms with van der Waals surface area (Å²) < 4.78 is 68.1. The largest absolute Gasteiger partial charge is 0.472 e. The second-order valence-corrected chi connectivity index (χ2v) is 28.9. The van der Waals surface area contributed by atoms with Crippen LogP contribution in [0.1, 0.15) is 337 Å². The maximum Gasteiger partial charge on any atom is 0.472 e. The van der Waals surface area contributed by atoms with Gasteiger partial charge in [-0.25, -0.2) is 9.13 Å². The molecule has 2 unspecified atom stereocenters. The van der Waals surface area contributed by atoms with Crippen molar-refractivity contribution >= 4 is 39.5 Å². The number of hydrogen-bond acceptors (Lipinski definition) is 15. The third-order valence-electron chi connectivity index (χ3n) is 15.6. The van der Waals surface area contributed by atoms with Crippen LogP contribution in [0.5, 0.6) is 0 Å². The number of ether oxygens (including phenoxy) is 4. The number of unbranched alkanes of at least 4 members (excludes halogenated alkanes) is 34. The highest BCUT2D eigenvalue weighted by atomic mass is 31.2. The Morgan fingerprint density at radius 2 is 0.529 bits per heavy atom. The Morgan fingerprint density at radius 3 is 0.782 bits per heavy atom. The smallest absolute Gasteiger partial charge is 0.462 e. The van der Waals surface area contributed by atoms with E-state index in [1.54, 1.807) is 0 Å². The number of hydrogen-bond donors (Lipinski definition) is 3. The molecule has 0 aromatic rings. The minimum atomic E-state index is -4.95. The van der Waals surface area contributed by atoms with Crippen molar-refractivity contribution in [3.63, 3.8) is 0 Å². The molecule has 87 heavy (non-hydrogen) atoms. The molecule has 0 radical (unpaired) electrons. The molecule has 0 heterocycles. The van der Waals surface area contributed by atoms with Gasteiger partial charge in [0.25, 0.3) is 0 Å². The molecule has 0 amide bonds. The highest BCUT2D eigenvalue weighted by Crippen LogP contribution is 2.45. The molecule has 0 aromatic carbocycles. The fourth-order valence-electron chi connectivity index (χ4n) is 10.2. The highest BCUT2D eigenvalue weighted by molar-refractivity contribution is 7.47. The minimum Gasteiger partial charge on any atom is -0.462 e. The van der Waals surface area contributed by atoms with Crippen LogP contribution >= 0.6 is 15.6 Å². The Bertz CT molecular complexity index is 1720. The van der Waals surface area contributed by atoms with E-state index in [9.17, 15) is 43.2 Å². The first-order valence-electron chi connectivity index (χ1n) is 35.3. The number of esters is 4. The maximum absolute atomic E-state index is 13.0. The summed E-state index contributed by atoms with van der Waals surface area (Å²) in [4.78, 5) is 72.3. The maximum atomic E-state index is 13.0. The quantitative estimate of drug-likeness (QED) is 0.0222. The summed E-state index contributed by atoms with van der Waals surface area (Å²) in [5.41, 5.74) is 0. The normalized spacial score (nSPS) is 14.3. The van der Waals surface area contributed by atoms with Gasteiger partial charge in [0.15, 0.2) is 12.2 Å². The number of phosphoric acid groups is 2. The molecular weight excluding hydrogens is 1150 g/mol. The molecule has 0 saturated carbocycles. The molecule has 0 rings (SSSR count). The van der Waals surface area contributed by atoms with Crippen molar-refractivity contribution in [3.05, 3.63) is 0 Å². The van der Waals surface area contributed by atoms with Crippen molar-refractivity contribution in [2.24, 2.45) is 17.8 Å². The van der Waals surface area contributed by atoms with E-state index in [0.717, 1.165) is 102 Å². The van der Waals surface area contributed by atoms with Crippen LogP contribution in [0.4, 0.5) is 0 Å². The Labute approximate surface area is 530 Å². The zero-order valence-corrected chi connectivity index (χ0v) is 58.3. The molecule has 5 atom stereocenters. The fourth-order valence-corrected chi connectivity index (χ4v) is 11.8. The molecule has 0 aliphatic rings. The lowest BCUT2D eigenvalue weighted by molar-refractivity contribution is -0.161. The van der Waals surface area contributed by atoms with E-state index >= 15 is 0 Å². The van der Waals surface area contributed by atoms with Crippen LogP contribution < -0.4 is 0 Å². The van der Waals surface area contributed by atoms with Crippen molar-refractivity contribution in [2.75, 3.05) is 39.6 Å². The van der Waals surface area contributed by atoms with Crippen molar-refractivity contribution in [3.8, 4) is 0 Å². The second-order valence-electron chi connectivity index (χ2n) is 26.0. The molecule has 0 bridgehead atoms. The summed E-state index contributed by atoms with van der Waals surface area (Å²) in [7, 11) is -9.89. The molecule has 0 aliphatic carbocycles. The summed E-state index contributed by atoms with van der Waals surface area (Å²) in [6.07, 6.45) is 41.8. The SMILES string of the molecule is CCCCCCCCCCCC(=O)OC[C@H](COP(=O)(O)OC[C@H](O)COP(=O)(O)OC[C@@H](COC(=O)CCCCCCCCCCC(C)C)OC(=O)CCCCCCCCCCCCCCCCC(C)C)OC(=O)CCCCCCCCCC(C)C. The van der Waals surface area contributed by atoms with Crippen LogP contribution in [-0.2, 0) is 65.4 Å². The average Bonchev–Trinajstić information content (AvgIpc) is 3.59. The molecule has 0 aromatic heterocycles. The third-order valence-corrected chi connectivity index (χ3v) is 17.5. The van der Waals surface area contributed by atoms with E-state index in [2.05, 4.69) is 48.5 Å². The lowest BCUT2D eigenvalue weighted by Crippen LogP contribution is -2.30. The van der Waals surface area contributed by atoms with E-state index in [1.807, 2.05) is 0 Å². The van der Waals surface area contributed by atoms with E-state index in [-0.39, 0.29) is 25.7 Å². The number of carbonyl (C=O) groups excluding carboxylic acids is 4. The molecule has 0 spiro atoms. The first-order chi connectivity index (χ1) is 41.7. The van der Waals surface area contributed by atoms with Gasteiger partial charge in [-0.1, -0.05) is 286 Å². The van der Waals surface area contributed by atoms with Crippen LogP contribution in [0, 0.1) is 17.8 Å². The summed E-state index contributed by atoms with van der Waals surface area (Å²) in [5.74, 6) is 0.0844. The topological polar surface area (TPSA) is 237 Å². The van der Waals surface area contributed by atoms with Gasteiger partial charge in [0.05, 0.1) is 26.4 Å². The van der Waals surface area contributed by atoms with Crippen LogP contribution in [-0.4, -0.2) is 96.7 Å². The van der Waals surface area contributed by atoms with Gasteiger partial charge in [-0.05, 0) is 43.4 Å². The molecule has 3 N–H and O–H groups in total. The van der Waals surface area contributed by atoms with Gasteiger partial charge in [-0.2, -0.15) is 0 Å². The Morgan fingerprint density at radius 1 is 0.310 bits per heavy atom. The fraction of sp³-hybridized carbons (Fsp3) is 0.941. The number of aliphatic hydroxyl groups is 1. The Hall–Kier alpha value is -1.94. The van der Waals surface area contributed by atoms with Crippen molar-refractivity contribution < 1.29 is 80.2 Å². The van der Waals surface area contributed by atoms with Crippen molar-refractivity contribution in [2.45, 2.75) is 356 Å². The minimum absolute atomic E-state index is 0.103. The van der Waals surface area contributed by atoms with Gasteiger partial charge in [0.1, 0.15) is 19.3 Å². The Balaban J connectivity index is 5.22. The van der Waals surface area contributed by atoms with Crippen LogP contribution in [0.2, 0.25) is 0 Å². The molecule has 17 nitrogen and oxygen atoms in total. The third kappa shape index (κ3) is 62.6. The van der Waals surface area contributed by atoms with Gasteiger partial charge in [-0.15, -0.1) is 0 Å². The van der Waals surface area contributed by atoms with Gasteiger partial charge < -0.3 is 33.8 Å². The first-order valence-corrected chi connectivity index (χ1v) is 38.3. The lowest BCUT2D eigenvalue weighted by Gasteiger charge is -2.21. The Kier molecular flexibility index (Phi) is 57.8. The van der Waals surface area contributed by atoms with E-state index in [0.29, 0.717) is 31.6 Å². The zero-order valence-electron chi connectivity index (χ0n) is 56.5. The molecule has 0 aliphatic heterocycles. The standard InChI is InChI=1S/C68H132O17P2/c1-8-9-10-11-12-19-28-35-42-49-65(70)78-56-64(85-68(73)52-45-38-31-24-27-34-41-48-61(6)7)58-83-87(76,77)81-54-62(69)53-80-86(74,75)82-57-63(55-79-66(71)50-43-36-29-23-22-26-33-40-47-60(4)5)84-67(72)51-44-37-30-21-18-16-14-13-15-17-20-25-32-39-46-59(2)3/h59-64,69H,8-58H2,1-7H3,(H,74,75)(H,76,77)/t62-,63-,64-/m1/s1. The molecule has 19 heteroatoms. The monoisotopic (exact) mass is 1280 g/mol. The van der Waals surface area contributed by atoms with E-state index < -0.39 is 97.5 Å². The predicted molar refractivity (Wildman–Crippen MR) is 349 cm³/mol. The molecule has 0 saturated heterocycles. The van der Waals surface area contributed by atoms with Crippen molar-refractivity contribution in [1.29, 1.82) is 0 Å². The first kappa shape index (κ1) is 85.1. The highest BCUT2D eigenvalue weighted by Gasteiger charge is 2.30. The molecule has 0 fully saturated rings. The van der Waals surface area contributed by atoms with Gasteiger partial charge in [0, 0.05) is 25.7 Å². The van der Waals surface area contributed by atoms with Crippen LogP contribution in [0.3, 0.4) is 0 Å². The number of phosphoric ester groups is 2. The lowest BCUT2D eigenvalue weighted by atomic mass is 10.0. The number of aliphatic hydroxyl groups excluding tert-OH is 1. The second kappa shape index (κ2) is 59.1. The van der Waals surface area contributed by atoms with E-state index in [1.165, 1.54) is 148 Å². The summed E-state index contributed by atoms with van der Waals surface area (Å²) in [6.45, 7) is 11.7. The van der Waals surface area contributed by atoms with Gasteiger partial charge in [-0.3, -0.25) is 37.3 Å². The van der Waals surface area contributed by atoms with Gasteiger partial charge in [0.2, 0.25) is 0 Å². The van der Waals surface area contributed by atoms with Crippen LogP contribution in [0.25, 0.3) is 0 Å². The van der Waals surface area contributed by atoms with Gasteiger partial charge >= 0.3 is 39.5 Å². The summed E-state index contributed by atoms with van der Waals surface area (Å²) in [5, 5.41) is 10.6. The van der Waals surface area contributed by atoms with Crippen LogP contribution in [0.15, 0.2) is 0 Å². The average molecular weight is 1280 g/mol. The zero-order chi connectivity index (χ0) is 64.5. The molecule has 516 valence electrons. The van der Waals surface area contributed by atoms with E-state index in [4.69, 9.17) is 37.0 Å². The predicted octanol–water partition coefficient (Wildman–Crippen LogP) is 19.1. The number of carbonyl (C=O) groups is 4.